The maximum absolute atomic E-state index is 12.5. The summed E-state index contributed by atoms with van der Waals surface area (Å²) in [5, 5.41) is 11.5. The summed E-state index contributed by atoms with van der Waals surface area (Å²) >= 11 is 1.33. The lowest BCUT2D eigenvalue weighted by Gasteiger charge is -2.17. The van der Waals surface area contributed by atoms with Gasteiger partial charge < -0.3 is 9.88 Å². The van der Waals surface area contributed by atoms with Crippen LogP contribution in [-0.2, 0) is 11.3 Å². The van der Waals surface area contributed by atoms with Gasteiger partial charge in [-0.15, -0.1) is 10.2 Å². The van der Waals surface area contributed by atoms with Crippen molar-refractivity contribution in [2.75, 3.05) is 13.1 Å². The van der Waals surface area contributed by atoms with Crippen LogP contribution in [-0.4, -0.2) is 54.9 Å². The Hall–Kier alpha value is -2.42. The zero-order valence-electron chi connectivity index (χ0n) is 14.2. The molecule has 0 spiro atoms. The monoisotopic (exact) mass is 360 g/mol. The molecule has 25 heavy (non-hydrogen) atoms. The summed E-state index contributed by atoms with van der Waals surface area (Å²) in [6.07, 6.45) is 4.34. The molecule has 1 aliphatic rings. The van der Waals surface area contributed by atoms with Crippen LogP contribution in [0.4, 0.5) is 4.79 Å². The Labute approximate surface area is 150 Å². The van der Waals surface area contributed by atoms with Crippen molar-refractivity contribution in [1.29, 1.82) is 0 Å². The molecule has 1 aliphatic heterocycles. The minimum absolute atomic E-state index is 0.212. The van der Waals surface area contributed by atoms with E-state index in [1.807, 2.05) is 16.7 Å². The third-order valence-corrected chi connectivity index (χ3v) is 4.92. The lowest BCUT2D eigenvalue weighted by molar-refractivity contribution is -0.126. The molecular weight excluding hydrogens is 340 g/mol. The maximum atomic E-state index is 12.5. The molecule has 9 heteroatoms. The highest BCUT2D eigenvalue weighted by molar-refractivity contribution is 8.00. The van der Waals surface area contributed by atoms with Crippen LogP contribution in [0.5, 0.6) is 0 Å². The molecule has 1 N–H and O–H groups in total. The zero-order chi connectivity index (χ0) is 17.8. The van der Waals surface area contributed by atoms with Gasteiger partial charge in [0.25, 0.3) is 0 Å². The molecule has 0 aliphatic carbocycles. The number of carbonyl (C=O) groups is 2. The molecule has 1 saturated heterocycles. The minimum atomic E-state index is -0.422. The normalized spacial score (nSPS) is 15.3. The van der Waals surface area contributed by atoms with Crippen LogP contribution in [0.1, 0.15) is 20.3 Å². The minimum Gasteiger partial charge on any atom is -0.336 e. The molecule has 3 heterocycles. The standard InChI is InChI=1S/C16H20N6O2S/c1-3-9-21-13(12-4-6-17-7-5-12)19-20-16(21)25-11(2)14(23)22-10-8-18-15(22)24/h4-7,11H,3,8-10H2,1-2H3,(H,18,24). The second-order valence-electron chi connectivity index (χ2n) is 5.68. The van der Waals surface area contributed by atoms with E-state index >= 15 is 0 Å². The van der Waals surface area contributed by atoms with E-state index in [-0.39, 0.29) is 11.9 Å². The predicted octanol–water partition coefficient (Wildman–Crippen LogP) is 1.78. The number of aromatic nitrogens is 4. The van der Waals surface area contributed by atoms with Crippen LogP contribution >= 0.6 is 11.8 Å². The average molecular weight is 360 g/mol. The van der Waals surface area contributed by atoms with Crippen LogP contribution in [0.15, 0.2) is 29.7 Å². The predicted molar refractivity (Wildman–Crippen MR) is 94.0 cm³/mol. The number of rotatable bonds is 6. The van der Waals surface area contributed by atoms with Gasteiger partial charge in [0, 0.05) is 37.6 Å². The highest BCUT2D eigenvalue weighted by atomic mass is 32.2. The number of hydrogen-bond donors (Lipinski definition) is 1. The number of imide groups is 1. The third kappa shape index (κ3) is 3.65. The molecule has 2 aromatic rings. The first kappa shape index (κ1) is 17.4. The first-order valence-electron chi connectivity index (χ1n) is 8.21. The average Bonchev–Trinajstić information content (AvgIpc) is 3.22. The molecular formula is C16H20N6O2S. The van der Waals surface area contributed by atoms with Gasteiger partial charge >= 0.3 is 6.03 Å². The van der Waals surface area contributed by atoms with E-state index in [0.29, 0.717) is 18.2 Å². The second-order valence-corrected chi connectivity index (χ2v) is 6.98. The van der Waals surface area contributed by atoms with Gasteiger partial charge in [0.05, 0.1) is 5.25 Å². The number of amides is 3. The Morgan fingerprint density at radius 1 is 1.36 bits per heavy atom. The van der Waals surface area contributed by atoms with E-state index in [0.717, 1.165) is 24.4 Å². The Bertz CT molecular complexity index is 763. The molecule has 1 unspecified atom stereocenters. The summed E-state index contributed by atoms with van der Waals surface area (Å²) < 4.78 is 2.01. The van der Waals surface area contributed by atoms with Gasteiger partial charge in [-0.05, 0) is 25.5 Å². The Morgan fingerprint density at radius 3 is 2.76 bits per heavy atom. The van der Waals surface area contributed by atoms with E-state index in [1.54, 1.807) is 19.3 Å². The molecule has 3 rings (SSSR count). The number of hydrogen-bond acceptors (Lipinski definition) is 6. The summed E-state index contributed by atoms with van der Waals surface area (Å²) in [6.45, 7) is 5.52. The van der Waals surface area contributed by atoms with Crippen LogP contribution < -0.4 is 5.32 Å². The van der Waals surface area contributed by atoms with Crippen LogP contribution in [0.3, 0.4) is 0 Å². The molecule has 132 valence electrons. The summed E-state index contributed by atoms with van der Waals surface area (Å²) in [5.41, 5.74) is 0.931. The highest BCUT2D eigenvalue weighted by Gasteiger charge is 2.31. The number of nitrogens with zero attached hydrogens (tertiary/aromatic N) is 5. The van der Waals surface area contributed by atoms with E-state index < -0.39 is 5.25 Å². The molecule has 1 fully saturated rings. The van der Waals surface area contributed by atoms with Gasteiger partial charge in [-0.3, -0.25) is 14.7 Å². The molecule has 0 saturated carbocycles. The lowest BCUT2D eigenvalue weighted by Crippen LogP contribution is -2.39. The van der Waals surface area contributed by atoms with Gasteiger partial charge in [-0.1, -0.05) is 18.7 Å². The largest absolute Gasteiger partial charge is 0.336 e. The highest BCUT2D eigenvalue weighted by Crippen LogP contribution is 2.28. The van der Waals surface area contributed by atoms with Crippen LogP contribution in [0.25, 0.3) is 11.4 Å². The van der Waals surface area contributed by atoms with E-state index in [2.05, 4.69) is 27.4 Å². The summed E-state index contributed by atoms with van der Waals surface area (Å²) in [4.78, 5) is 29.4. The van der Waals surface area contributed by atoms with Crippen molar-refractivity contribution in [3.05, 3.63) is 24.5 Å². The Kier molecular flexibility index (Phi) is 5.32. The van der Waals surface area contributed by atoms with Gasteiger partial charge in [-0.25, -0.2) is 4.79 Å². The number of carbonyl (C=O) groups excluding carboxylic acids is 2. The van der Waals surface area contributed by atoms with Crippen molar-refractivity contribution < 1.29 is 9.59 Å². The molecule has 2 aromatic heterocycles. The van der Waals surface area contributed by atoms with E-state index in [4.69, 9.17) is 0 Å². The van der Waals surface area contributed by atoms with Crippen molar-refractivity contribution in [3.8, 4) is 11.4 Å². The summed E-state index contributed by atoms with van der Waals surface area (Å²) in [6, 6.07) is 3.44. The lowest BCUT2D eigenvalue weighted by atomic mass is 10.2. The van der Waals surface area contributed by atoms with Gasteiger partial charge in [0.15, 0.2) is 11.0 Å². The fraction of sp³-hybridized carbons (Fsp3) is 0.438. The number of urea groups is 1. The molecule has 1 atom stereocenters. The van der Waals surface area contributed by atoms with Crippen LogP contribution in [0.2, 0.25) is 0 Å². The van der Waals surface area contributed by atoms with Crippen molar-refractivity contribution in [2.24, 2.45) is 0 Å². The van der Waals surface area contributed by atoms with Crippen molar-refractivity contribution in [1.82, 2.24) is 30.0 Å². The van der Waals surface area contributed by atoms with Crippen molar-refractivity contribution in [3.63, 3.8) is 0 Å². The fourth-order valence-electron chi connectivity index (χ4n) is 2.63. The maximum Gasteiger partial charge on any atom is 0.324 e. The fourth-order valence-corrected chi connectivity index (χ4v) is 3.56. The van der Waals surface area contributed by atoms with E-state index in [9.17, 15) is 9.59 Å². The number of thioether (sulfide) groups is 1. The van der Waals surface area contributed by atoms with E-state index in [1.165, 1.54) is 16.7 Å². The molecule has 8 nitrogen and oxygen atoms in total. The summed E-state index contributed by atoms with van der Waals surface area (Å²) in [5.74, 6) is 0.543. The first-order valence-corrected chi connectivity index (χ1v) is 9.09. The first-order chi connectivity index (χ1) is 12.1. The second kappa shape index (κ2) is 7.64. The number of pyridine rings is 1. The molecule has 0 aromatic carbocycles. The molecule has 0 radical (unpaired) electrons. The zero-order valence-corrected chi connectivity index (χ0v) is 15.0. The van der Waals surface area contributed by atoms with Gasteiger partial charge in [0.1, 0.15) is 0 Å². The number of nitrogens with one attached hydrogen (secondary N) is 1. The topological polar surface area (TPSA) is 93.0 Å². The van der Waals surface area contributed by atoms with Crippen LogP contribution in [0, 0.1) is 0 Å². The SMILES string of the molecule is CCCn1c(SC(C)C(=O)N2CCNC2=O)nnc1-c1ccncc1. The van der Waals surface area contributed by atoms with Gasteiger partial charge in [0.2, 0.25) is 5.91 Å². The Morgan fingerprint density at radius 2 is 2.12 bits per heavy atom. The molecule has 0 bridgehead atoms. The summed E-state index contributed by atoms with van der Waals surface area (Å²) in [7, 11) is 0. The van der Waals surface area contributed by atoms with Gasteiger partial charge in [-0.2, -0.15) is 0 Å². The molecule has 3 amide bonds. The van der Waals surface area contributed by atoms with Crippen molar-refractivity contribution >= 4 is 23.7 Å². The quantitative estimate of drug-likeness (QED) is 0.790. The Balaban J connectivity index is 1.81. The van der Waals surface area contributed by atoms with Crippen molar-refractivity contribution in [2.45, 2.75) is 37.2 Å². The smallest absolute Gasteiger partial charge is 0.324 e. The third-order valence-electron chi connectivity index (χ3n) is 3.86.